The number of hydrogen-bond acceptors (Lipinski definition) is 7. The minimum atomic E-state index is -0.361. The van der Waals surface area contributed by atoms with Gasteiger partial charge in [-0.15, -0.1) is 0 Å². The molecule has 7 nitrogen and oxygen atoms in total. The van der Waals surface area contributed by atoms with E-state index in [9.17, 15) is 14.4 Å². The van der Waals surface area contributed by atoms with Crippen LogP contribution in [0.25, 0.3) is 0 Å². The van der Waals surface area contributed by atoms with Crippen LogP contribution < -0.4 is 18.9 Å². The molecular formula is C38H72AlClLiNO6. The first-order chi connectivity index (χ1) is 22.2. The molecule has 0 saturated carbocycles. The molecule has 1 N–H and O–H groups in total. The molecule has 0 bridgehead atoms. The van der Waals surface area contributed by atoms with Crippen molar-refractivity contribution in [2.45, 2.75) is 107 Å². The van der Waals surface area contributed by atoms with E-state index in [4.69, 9.17) is 14.6 Å². The van der Waals surface area contributed by atoms with Gasteiger partial charge in [0.05, 0.1) is 6.61 Å². The summed E-state index contributed by atoms with van der Waals surface area (Å²) >= 11 is 4.64. The predicted octanol–water partition coefficient (Wildman–Crippen LogP) is 5.30. The Morgan fingerprint density at radius 1 is 0.750 bits per heavy atom. The van der Waals surface area contributed by atoms with Gasteiger partial charge in [0.15, 0.2) is 17.4 Å². The van der Waals surface area contributed by atoms with Crippen molar-refractivity contribution in [1.29, 1.82) is 0 Å². The number of carbonyl (C=O) groups excluding carboxylic acids is 3. The van der Waals surface area contributed by atoms with Crippen LogP contribution in [0.4, 0.5) is 0 Å². The normalized spacial score (nSPS) is 11.6. The Hall–Kier alpha value is -1.45. The number of ether oxygens (including phenoxy) is 2. The Bertz CT molecular complexity index is 784. The van der Waals surface area contributed by atoms with E-state index in [1.165, 1.54) is 46.3 Å². The Kier molecular flexibility index (Phi) is 82.5. The molecule has 0 aliphatic carbocycles. The summed E-state index contributed by atoms with van der Waals surface area (Å²) in [6, 6.07) is 0. The van der Waals surface area contributed by atoms with Gasteiger partial charge in [0, 0.05) is 40.1 Å². The summed E-state index contributed by atoms with van der Waals surface area (Å²) < 4.78 is 9.68. The third-order valence-electron chi connectivity index (χ3n) is 5.14. The van der Waals surface area contributed by atoms with Gasteiger partial charge in [-0.1, -0.05) is 114 Å². The second-order valence-corrected chi connectivity index (χ2v) is 9.78. The molecule has 0 aromatic heterocycles. The first-order valence-electron chi connectivity index (χ1n) is 16.8. The molecule has 1 fully saturated rings. The minimum Gasteiger partial charge on any atom is -1.00 e. The van der Waals surface area contributed by atoms with Crippen LogP contribution in [0.3, 0.4) is 0 Å². The summed E-state index contributed by atoms with van der Waals surface area (Å²) in [6.45, 7) is 21.8. The number of aliphatic hydroxyl groups excluding tert-OH is 1. The summed E-state index contributed by atoms with van der Waals surface area (Å²) in [4.78, 5) is 31.7. The zero-order valence-electron chi connectivity index (χ0n) is 32.4. The molecule has 0 unspecified atom stereocenters. The summed E-state index contributed by atoms with van der Waals surface area (Å²) in [7, 11) is 0. The third kappa shape index (κ3) is 90.5. The van der Waals surface area contributed by atoms with Gasteiger partial charge < -0.3 is 25.7 Å². The molecule has 276 valence electrons. The van der Waals surface area contributed by atoms with Gasteiger partial charge in [-0.2, -0.15) is 0 Å². The van der Waals surface area contributed by atoms with Crippen LogP contribution in [0.1, 0.15) is 108 Å². The van der Waals surface area contributed by atoms with Crippen molar-refractivity contribution in [2.75, 3.05) is 46.1 Å². The van der Waals surface area contributed by atoms with Crippen LogP contribution in [-0.4, -0.2) is 90.9 Å². The van der Waals surface area contributed by atoms with Crippen molar-refractivity contribution in [3.8, 4) is 0 Å². The van der Waals surface area contributed by atoms with E-state index in [1.807, 2.05) is 60.8 Å². The number of hydrogen-bond donors (Lipinski definition) is 1. The fourth-order valence-corrected chi connectivity index (χ4v) is 2.73. The number of halogens is 1. The maximum Gasteiger partial charge on any atom is 1.00 e. The molecule has 0 aromatic rings. The van der Waals surface area contributed by atoms with E-state index >= 15 is 0 Å². The van der Waals surface area contributed by atoms with Gasteiger partial charge in [-0.25, -0.2) is 0 Å². The van der Waals surface area contributed by atoms with Gasteiger partial charge in [-0.3, -0.25) is 9.59 Å². The number of carbonyl (C=O) groups is 3. The molecule has 1 aliphatic heterocycles. The molecule has 1 rings (SSSR count). The van der Waals surface area contributed by atoms with Crippen LogP contribution in [0, 0.1) is 0 Å². The zero-order valence-corrected chi connectivity index (χ0v) is 32.2. The SMILES string of the molecule is C1CCOC1.CC(=O)Cl.CC/C=C\C=C/CC=O.CC/C=C\C=C/CCO.CC/C=C\C=C/CCOC(C)=O.CCN(CC)CC.[AlH3].[H-].[Li+]. The average Bonchev–Trinajstić information content (AvgIpc) is 3.63. The van der Waals surface area contributed by atoms with E-state index < -0.39 is 0 Å². The molecule has 1 heterocycles. The largest absolute Gasteiger partial charge is 1.00 e. The molecule has 48 heavy (non-hydrogen) atoms. The topological polar surface area (TPSA) is 93.1 Å². The maximum absolute atomic E-state index is 10.3. The Morgan fingerprint density at radius 3 is 1.40 bits per heavy atom. The van der Waals surface area contributed by atoms with Crippen LogP contribution in [0.15, 0.2) is 72.9 Å². The van der Waals surface area contributed by atoms with Crippen molar-refractivity contribution < 1.29 is 49.3 Å². The third-order valence-corrected chi connectivity index (χ3v) is 5.14. The van der Waals surface area contributed by atoms with E-state index in [-0.39, 0.29) is 55.5 Å². The zero-order chi connectivity index (χ0) is 35.9. The maximum atomic E-state index is 10.3. The van der Waals surface area contributed by atoms with Crippen LogP contribution in [-0.2, 0) is 23.9 Å². The Morgan fingerprint density at radius 2 is 1.12 bits per heavy atom. The number of aldehydes is 1. The smallest absolute Gasteiger partial charge is 1.00 e. The van der Waals surface area contributed by atoms with E-state index in [0.29, 0.717) is 13.0 Å². The number of rotatable bonds is 16. The molecule has 1 aliphatic rings. The molecule has 1 saturated heterocycles. The fourth-order valence-electron chi connectivity index (χ4n) is 2.73. The fraction of sp³-hybridized carbons (Fsp3) is 0.605. The van der Waals surface area contributed by atoms with E-state index in [1.54, 1.807) is 0 Å². The van der Waals surface area contributed by atoms with E-state index in [2.05, 4.69) is 70.2 Å². The first-order valence-corrected chi connectivity index (χ1v) is 17.1. The molecule has 10 heteroatoms. The summed E-state index contributed by atoms with van der Waals surface area (Å²) in [5, 5.41) is 7.99. The second kappa shape index (κ2) is 64.1. The molecule has 0 spiro atoms. The summed E-state index contributed by atoms with van der Waals surface area (Å²) in [5.41, 5.74) is 0. The van der Waals surface area contributed by atoms with Crippen LogP contribution >= 0.6 is 11.6 Å². The van der Waals surface area contributed by atoms with Crippen molar-refractivity contribution >= 4 is 46.5 Å². The van der Waals surface area contributed by atoms with E-state index in [0.717, 1.165) is 51.6 Å². The van der Waals surface area contributed by atoms with Crippen molar-refractivity contribution in [3.05, 3.63) is 72.9 Å². The molecule has 0 radical (unpaired) electrons. The van der Waals surface area contributed by atoms with Gasteiger partial charge in [0.25, 0.3) is 0 Å². The van der Waals surface area contributed by atoms with Crippen LogP contribution in [0.5, 0.6) is 0 Å². The number of aliphatic hydroxyl groups is 1. The van der Waals surface area contributed by atoms with Gasteiger partial charge >= 0.3 is 24.8 Å². The van der Waals surface area contributed by atoms with Crippen molar-refractivity contribution in [2.24, 2.45) is 0 Å². The molecule has 0 aromatic carbocycles. The van der Waals surface area contributed by atoms with Crippen LogP contribution in [0.2, 0.25) is 0 Å². The summed E-state index contributed by atoms with van der Waals surface area (Å²) in [5.74, 6) is -0.215. The predicted molar refractivity (Wildman–Crippen MR) is 210 cm³/mol. The number of esters is 1. The number of nitrogens with zero attached hydrogens (tertiary/aromatic N) is 1. The van der Waals surface area contributed by atoms with Crippen molar-refractivity contribution in [1.82, 2.24) is 4.90 Å². The van der Waals surface area contributed by atoms with Gasteiger partial charge in [0.1, 0.15) is 6.29 Å². The van der Waals surface area contributed by atoms with Gasteiger partial charge in [0.2, 0.25) is 5.24 Å². The Labute approximate surface area is 324 Å². The quantitative estimate of drug-likeness (QED) is 0.0582. The first kappa shape index (κ1) is 61.7. The Balaban J connectivity index is -0.0000000697. The monoisotopic (exact) mass is 708 g/mol. The molecular weight excluding hydrogens is 636 g/mol. The standard InChI is InChI=1S/C10H16O2.C8H14O.C8H12O.C6H15N.C4H8O.C2H3ClO.Al.Li.4H/c1-3-4-5-6-7-8-9-12-10(2)11;2*1-2-3-4-5-6-7-8-9;1-4-7(5-2)6-3;1-2-4-5-3-1;1-2(3)4;;;;;;/h4-7H,3,8-9H2,1-2H3;3-6,9H,2,7-8H2,1H3;3-6,8H,2,7H2,1H3;4-6H2,1-3H3;1-4H2;1H3;;;;;;/q;;;;;;;+1;;;;-1/b5-4-,7-6-;2*4-3-,6-5-;;;;;;;;;. The number of allylic oxidation sites excluding steroid dienone is 10. The van der Waals surface area contributed by atoms with Gasteiger partial charge in [-0.05, 0) is 76.2 Å². The minimum absolute atomic E-state index is 0. The average molecular weight is 708 g/mol. The molecule has 0 amide bonds. The van der Waals surface area contributed by atoms with Crippen molar-refractivity contribution in [3.63, 3.8) is 0 Å². The molecule has 0 atom stereocenters. The summed E-state index contributed by atoms with van der Waals surface area (Å²) in [6.07, 6.45) is 32.4. The second-order valence-electron chi connectivity index (χ2n) is 9.25.